The van der Waals surface area contributed by atoms with Crippen LogP contribution >= 0.6 is 12.6 Å². The van der Waals surface area contributed by atoms with Crippen molar-refractivity contribution in [1.29, 1.82) is 0 Å². The molecule has 140 valence electrons. The minimum absolute atomic E-state index is 0.0278. The van der Waals surface area contributed by atoms with Crippen molar-refractivity contribution < 1.29 is 24.5 Å². The Hall–Kier alpha value is -0.300. The standard InChI is InChI=1S/C13H26O2S.C4H10O3/c1-2-3-4-5-6-7-8-9-10-11-15-13(14)12-16;5-1-3-7-4-2-6/h16H,2-12H2,1H3;5-6H,1-4H2. The maximum absolute atomic E-state index is 10.7. The predicted octanol–water partition coefficient (Wildman–Crippen LogP) is 2.98. The highest BCUT2D eigenvalue weighted by Gasteiger charge is 1.97. The molecule has 0 atom stereocenters. The molecule has 0 aliphatic heterocycles. The van der Waals surface area contributed by atoms with Gasteiger partial charge in [-0.2, -0.15) is 12.6 Å². The minimum Gasteiger partial charge on any atom is -0.465 e. The number of aliphatic hydroxyl groups excluding tert-OH is 2. The van der Waals surface area contributed by atoms with Gasteiger partial charge in [0.1, 0.15) is 0 Å². The summed E-state index contributed by atoms with van der Waals surface area (Å²) in [4.78, 5) is 10.7. The molecule has 0 aromatic carbocycles. The molecule has 0 saturated heterocycles. The van der Waals surface area contributed by atoms with Gasteiger partial charge in [0.15, 0.2) is 0 Å². The van der Waals surface area contributed by atoms with Crippen LogP contribution in [0.1, 0.15) is 64.7 Å². The van der Waals surface area contributed by atoms with Crippen molar-refractivity contribution in [2.45, 2.75) is 64.7 Å². The highest BCUT2D eigenvalue weighted by molar-refractivity contribution is 7.81. The first-order chi connectivity index (χ1) is 11.2. The molecule has 23 heavy (non-hydrogen) atoms. The van der Waals surface area contributed by atoms with Crippen molar-refractivity contribution in [3.63, 3.8) is 0 Å². The third kappa shape index (κ3) is 26.9. The van der Waals surface area contributed by atoms with E-state index < -0.39 is 0 Å². The number of hydrogen-bond acceptors (Lipinski definition) is 6. The second kappa shape index (κ2) is 24.0. The van der Waals surface area contributed by atoms with Gasteiger partial charge in [0.25, 0.3) is 0 Å². The van der Waals surface area contributed by atoms with E-state index in [4.69, 9.17) is 14.9 Å². The number of carbonyl (C=O) groups excluding carboxylic acids is 1. The monoisotopic (exact) mass is 352 g/mol. The van der Waals surface area contributed by atoms with Crippen LogP contribution in [0.2, 0.25) is 0 Å². The van der Waals surface area contributed by atoms with Gasteiger partial charge in [-0.05, 0) is 6.42 Å². The molecule has 0 aromatic rings. The lowest BCUT2D eigenvalue weighted by Gasteiger charge is -2.03. The minimum atomic E-state index is -0.206. The van der Waals surface area contributed by atoms with Crippen LogP contribution in [0.15, 0.2) is 0 Å². The van der Waals surface area contributed by atoms with E-state index in [1.54, 1.807) is 0 Å². The average Bonchev–Trinajstić information content (AvgIpc) is 2.57. The molecule has 0 rings (SSSR count). The lowest BCUT2D eigenvalue weighted by Crippen LogP contribution is -2.06. The van der Waals surface area contributed by atoms with E-state index in [2.05, 4.69) is 24.3 Å². The van der Waals surface area contributed by atoms with Crippen LogP contribution < -0.4 is 0 Å². The molecule has 0 radical (unpaired) electrons. The summed E-state index contributed by atoms with van der Waals surface area (Å²) in [5, 5.41) is 16.2. The van der Waals surface area contributed by atoms with E-state index in [1.165, 1.54) is 51.4 Å². The zero-order valence-electron chi connectivity index (χ0n) is 14.7. The van der Waals surface area contributed by atoms with E-state index >= 15 is 0 Å². The summed E-state index contributed by atoms with van der Waals surface area (Å²) in [6, 6.07) is 0. The zero-order valence-corrected chi connectivity index (χ0v) is 15.6. The molecule has 0 aromatic heterocycles. The average molecular weight is 353 g/mol. The van der Waals surface area contributed by atoms with Crippen LogP contribution in [-0.2, 0) is 14.3 Å². The first kappa shape index (κ1) is 24.9. The van der Waals surface area contributed by atoms with Crippen molar-refractivity contribution in [2.75, 3.05) is 38.8 Å². The topological polar surface area (TPSA) is 76.0 Å². The van der Waals surface area contributed by atoms with Gasteiger partial charge in [-0.25, -0.2) is 0 Å². The van der Waals surface area contributed by atoms with Gasteiger partial charge in [-0.1, -0.05) is 58.3 Å². The van der Waals surface area contributed by atoms with E-state index in [1.807, 2.05) is 0 Å². The molecule has 0 heterocycles. The fourth-order valence-corrected chi connectivity index (χ4v) is 1.97. The number of esters is 1. The Morgan fingerprint density at radius 2 is 1.30 bits per heavy atom. The second-order valence-electron chi connectivity index (χ2n) is 5.27. The number of unbranched alkanes of at least 4 members (excludes halogenated alkanes) is 8. The van der Waals surface area contributed by atoms with Gasteiger partial charge in [-0.3, -0.25) is 4.79 Å². The number of ether oxygens (including phenoxy) is 2. The Balaban J connectivity index is 0. The SMILES string of the molecule is CCCCCCCCCCCOC(=O)CS.OCCOCCO. The molecule has 0 fully saturated rings. The smallest absolute Gasteiger partial charge is 0.315 e. The van der Waals surface area contributed by atoms with Crippen molar-refractivity contribution in [1.82, 2.24) is 0 Å². The Labute approximate surface area is 147 Å². The molecule has 0 amide bonds. The van der Waals surface area contributed by atoms with Gasteiger partial charge in [0.05, 0.1) is 38.8 Å². The van der Waals surface area contributed by atoms with Crippen molar-refractivity contribution in [3.05, 3.63) is 0 Å². The first-order valence-electron chi connectivity index (χ1n) is 8.78. The molecule has 0 unspecified atom stereocenters. The molecule has 0 saturated carbocycles. The molecule has 2 N–H and O–H groups in total. The van der Waals surface area contributed by atoms with Crippen LogP contribution in [0.4, 0.5) is 0 Å². The first-order valence-corrected chi connectivity index (χ1v) is 9.42. The summed E-state index contributed by atoms with van der Waals surface area (Å²) in [6.45, 7) is 3.50. The van der Waals surface area contributed by atoms with Gasteiger partial charge >= 0.3 is 5.97 Å². The normalized spacial score (nSPS) is 10.1. The van der Waals surface area contributed by atoms with Crippen LogP contribution in [-0.4, -0.2) is 55.0 Å². The van der Waals surface area contributed by atoms with Gasteiger partial charge < -0.3 is 19.7 Å². The van der Waals surface area contributed by atoms with E-state index in [9.17, 15) is 4.79 Å². The molecule has 0 aliphatic carbocycles. The second-order valence-corrected chi connectivity index (χ2v) is 5.58. The lowest BCUT2D eigenvalue weighted by atomic mass is 10.1. The summed E-state index contributed by atoms with van der Waals surface area (Å²) >= 11 is 3.84. The maximum Gasteiger partial charge on any atom is 0.315 e. The Morgan fingerprint density at radius 3 is 1.74 bits per heavy atom. The summed E-state index contributed by atoms with van der Waals surface area (Å²) in [5.41, 5.74) is 0. The number of carbonyl (C=O) groups is 1. The van der Waals surface area contributed by atoms with Crippen LogP contribution in [0.5, 0.6) is 0 Å². The third-order valence-corrected chi connectivity index (χ3v) is 3.37. The van der Waals surface area contributed by atoms with E-state index in [0.29, 0.717) is 19.8 Å². The van der Waals surface area contributed by atoms with Gasteiger partial charge in [0, 0.05) is 0 Å². The fourth-order valence-electron chi connectivity index (χ4n) is 1.88. The van der Waals surface area contributed by atoms with Crippen LogP contribution in [0, 0.1) is 0 Å². The number of hydrogen-bond donors (Lipinski definition) is 3. The molecule has 6 heteroatoms. The summed E-state index contributed by atoms with van der Waals surface area (Å²) in [5.74, 6) is -0.0138. The summed E-state index contributed by atoms with van der Waals surface area (Å²) in [7, 11) is 0. The van der Waals surface area contributed by atoms with Crippen LogP contribution in [0.3, 0.4) is 0 Å². The molecule has 0 bridgehead atoms. The Bertz CT molecular complexity index is 223. The fraction of sp³-hybridized carbons (Fsp3) is 0.941. The highest BCUT2D eigenvalue weighted by atomic mass is 32.1. The van der Waals surface area contributed by atoms with E-state index in [0.717, 1.165) is 6.42 Å². The van der Waals surface area contributed by atoms with Crippen molar-refractivity contribution in [2.24, 2.45) is 0 Å². The zero-order chi connectivity index (χ0) is 17.6. The Kier molecular flexibility index (Phi) is 26.0. The molecule has 0 spiro atoms. The maximum atomic E-state index is 10.7. The molecule has 5 nitrogen and oxygen atoms in total. The molecular formula is C17H36O5S. The van der Waals surface area contributed by atoms with Crippen molar-refractivity contribution >= 4 is 18.6 Å². The number of aliphatic hydroxyl groups is 2. The summed E-state index contributed by atoms with van der Waals surface area (Å²) < 4.78 is 9.57. The van der Waals surface area contributed by atoms with Crippen LogP contribution in [0.25, 0.3) is 0 Å². The Morgan fingerprint density at radius 1 is 0.826 bits per heavy atom. The molecule has 0 aliphatic rings. The van der Waals surface area contributed by atoms with E-state index in [-0.39, 0.29) is 24.9 Å². The quantitative estimate of drug-likeness (QED) is 0.240. The number of thiol groups is 1. The third-order valence-electron chi connectivity index (χ3n) is 3.11. The predicted molar refractivity (Wildman–Crippen MR) is 97.0 cm³/mol. The molecular weight excluding hydrogens is 316 g/mol. The lowest BCUT2D eigenvalue weighted by molar-refractivity contribution is -0.140. The largest absolute Gasteiger partial charge is 0.465 e. The highest BCUT2D eigenvalue weighted by Crippen LogP contribution is 2.09. The van der Waals surface area contributed by atoms with Crippen molar-refractivity contribution in [3.8, 4) is 0 Å². The van der Waals surface area contributed by atoms with Gasteiger partial charge in [0.2, 0.25) is 0 Å². The van der Waals surface area contributed by atoms with Gasteiger partial charge in [-0.15, -0.1) is 0 Å². The summed E-state index contributed by atoms with van der Waals surface area (Å²) in [6.07, 6.45) is 11.6. The number of rotatable bonds is 15.